The number of ketones is 2. The van der Waals surface area contributed by atoms with Crippen LogP contribution in [0.2, 0.25) is 0 Å². The maximum atomic E-state index is 11.9. The van der Waals surface area contributed by atoms with Crippen molar-refractivity contribution in [3.63, 3.8) is 0 Å². The van der Waals surface area contributed by atoms with Crippen LogP contribution in [0, 0.1) is 5.41 Å². The van der Waals surface area contributed by atoms with Gasteiger partial charge in [-0.1, -0.05) is 6.08 Å². The summed E-state index contributed by atoms with van der Waals surface area (Å²) in [5, 5.41) is 0. The first-order valence-corrected chi connectivity index (χ1v) is 5.99. The zero-order valence-corrected chi connectivity index (χ0v) is 9.84. The van der Waals surface area contributed by atoms with E-state index in [0.29, 0.717) is 18.6 Å². The Bertz CT molecular complexity index is 390. The van der Waals surface area contributed by atoms with Crippen molar-refractivity contribution in [2.45, 2.75) is 45.4 Å². The molecule has 16 heavy (non-hydrogen) atoms. The van der Waals surface area contributed by atoms with Gasteiger partial charge in [-0.05, 0) is 43.8 Å². The van der Waals surface area contributed by atoms with Crippen LogP contribution in [-0.4, -0.2) is 11.6 Å². The fraction of sp³-hybridized carbons (Fsp3) is 0.571. The minimum absolute atomic E-state index is 0.254. The van der Waals surface area contributed by atoms with Crippen molar-refractivity contribution in [3.8, 4) is 0 Å². The van der Waals surface area contributed by atoms with E-state index in [-0.39, 0.29) is 11.2 Å². The molecular formula is C14H18O2. The number of allylic oxidation sites excluding steroid dienone is 3. The van der Waals surface area contributed by atoms with Crippen LogP contribution < -0.4 is 0 Å². The van der Waals surface area contributed by atoms with Crippen molar-refractivity contribution in [3.05, 3.63) is 23.8 Å². The molecule has 2 aliphatic rings. The van der Waals surface area contributed by atoms with E-state index in [2.05, 4.69) is 6.58 Å². The van der Waals surface area contributed by atoms with Crippen LogP contribution >= 0.6 is 0 Å². The fourth-order valence-corrected chi connectivity index (χ4v) is 2.95. The Labute approximate surface area is 96.4 Å². The molecule has 2 heteroatoms. The molecule has 0 heterocycles. The summed E-state index contributed by atoms with van der Waals surface area (Å²) in [6.45, 7) is 5.70. The van der Waals surface area contributed by atoms with Gasteiger partial charge >= 0.3 is 0 Å². The first kappa shape index (κ1) is 11.3. The summed E-state index contributed by atoms with van der Waals surface area (Å²) in [6, 6.07) is 0. The number of carbonyl (C=O) groups excluding carboxylic acids is 2. The molecule has 2 rings (SSSR count). The molecule has 86 valence electrons. The number of carbonyl (C=O) groups is 2. The van der Waals surface area contributed by atoms with E-state index in [9.17, 15) is 9.59 Å². The highest BCUT2D eigenvalue weighted by Gasteiger charge is 2.46. The van der Waals surface area contributed by atoms with E-state index in [1.54, 1.807) is 0 Å². The molecule has 1 unspecified atom stereocenters. The van der Waals surface area contributed by atoms with E-state index in [1.165, 1.54) is 0 Å². The van der Waals surface area contributed by atoms with Gasteiger partial charge in [0.1, 0.15) is 5.78 Å². The second-order valence-corrected chi connectivity index (χ2v) is 4.96. The molecule has 0 aromatic rings. The Morgan fingerprint density at radius 3 is 2.75 bits per heavy atom. The van der Waals surface area contributed by atoms with Gasteiger partial charge in [0.25, 0.3) is 0 Å². The number of Topliss-reactive ketones (excluding diaryl/α,β-unsaturated/α-hetero) is 2. The molecule has 0 bridgehead atoms. The summed E-state index contributed by atoms with van der Waals surface area (Å²) in [5.41, 5.74) is 1.75. The minimum Gasteiger partial charge on any atom is -0.299 e. The van der Waals surface area contributed by atoms with E-state index in [1.807, 2.05) is 13.0 Å². The van der Waals surface area contributed by atoms with Crippen LogP contribution in [0.15, 0.2) is 23.8 Å². The van der Waals surface area contributed by atoms with Crippen LogP contribution in [-0.2, 0) is 9.59 Å². The van der Waals surface area contributed by atoms with Gasteiger partial charge in [-0.15, -0.1) is 6.58 Å². The SMILES string of the molecule is C=CCCC1=C2CCC(=O)C2(C)CCC1=O. The quantitative estimate of drug-likeness (QED) is 0.682. The molecule has 1 fully saturated rings. The highest BCUT2D eigenvalue weighted by Crippen LogP contribution is 2.48. The van der Waals surface area contributed by atoms with Crippen LogP contribution in [0.4, 0.5) is 0 Å². The molecule has 1 atom stereocenters. The molecule has 0 N–H and O–H groups in total. The van der Waals surface area contributed by atoms with Gasteiger partial charge in [-0.25, -0.2) is 0 Å². The van der Waals surface area contributed by atoms with Crippen molar-refractivity contribution < 1.29 is 9.59 Å². The third-order valence-electron chi connectivity index (χ3n) is 4.03. The predicted molar refractivity (Wildman–Crippen MR) is 63.0 cm³/mol. The molecule has 1 saturated carbocycles. The van der Waals surface area contributed by atoms with Gasteiger partial charge in [0, 0.05) is 18.3 Å². The summed E-state index contributed by atoms with van der Waals surface area (Å²) in [4.78, 5) is 23.8. The highest BCUT2D eigenvalue weighted by molar-refractivity contribution is 6.02. The van der Waals surface area contributed by atoms with Gasteiger partial charge in [0.05, 0.1) is 0 Å². The Morgan fingerprint density at radius 1 is 1.31 bits per heavy atom. The number of hydrogen-bond donors (Lipinski definition) is 0. The number of fused-ring (bicyclic) bond motifs is 1. The van der Waals surface area contributed by atoms with E-state index in [4.69, 9.17) is 0 Å². The Kier molecular flexibility index (Phi) is 2.83. The van der Waals surface area contributed by atoms with E-state index in [0.717, 1.165) is 36.8 Å². The summed E-state index contributed by atoms with van der Waals surface area (Å²) < 4.78 is 0. The van der Waals surface area contributed by atoms with Gasteiger partial charge in [-0.3, -0.25) is 9.59 Å². The molecule has 0 aliphatic heterocycles. The molecule has 2 nitrogen and oxygen atoms in total. The molecular weight excluding hydrogens is 200 g/mol. The van der Waals surface area contributed by atoms with Crippen molar-refractivity contribution in [2.24, 2.45) is 5.41 Å². The monoisotopic (exact) mass is 218 g/mol. The van der Waals surface area contributed by atoms with Crippen LogP contribution in [0.1, 0.15) is 45.4 Å². The summed E-state index contributed by atoms with van der Waals surface area (Å²) in [6.07, 6.45) is 6.11. The predicted octanol–water partition coefficient (Wildman–Crippen LogP) is 2.98. The molecule has 0 amide bonds. The van der Waals surface area contributed by atoms with Crippen LogP contribution in [0.5, 0.6) is 0 Å². The second-order valence-electron chi connectivity index (χ2n) is 4.96. The van der Waals surface area contributed by atoms with Crippen LogP contribution in [0.25, 0.3) is 0 Å². The standard InChI is InChI=1S/C14H18O2/c1-3-4-5-10-11-6-7-13(16)14(11,2)9-8-12(10)15/h3H,1,4-9H2,2H3. The van der Waals surface area contributed by atoms with Crippen molar-refractivity contribution in [2.75, 3.05) is 0 Å². The maximum absolute atomic E-state index is 11.9. The highest BCUT2D eigenvalue weighted by atomic mass is 16.1. The fourth-order valence-electron chi connectivity index (χ4n) is 2.95. The maximum Gasteiger partial charge on any atom is 0.158 e. The molecule has 0 spiro atoms. The van der Waals surface area contributed by atoms with E-state index >= 15 is 0 Å². The second kappa shape index (κ2) is 4.00. The first-order valence-electron chi connectivity index (χ1n) is 5.99. The lowest BCUT2D eigenvalue weighted by Crippen LogP contribution is -2.30. The molecule has 0 aromatic carbocycles. The summed E-state index contributed by atoms with van der Waals surface area (Å²) in [5.74, 6) is 0.579. The van der Waals surface area contributed by atoms with Gasteiger partial charge < -0.3 is 0 Å². The zero-order chi connectivity index (χ0) is 11.8. The van der Waals surface area contributed by atoms with Crippen LogP contribution in [0.3, 0.4) is 0 Å². The Morgan fingerprint density at radius 2 is 2.06 bits per heavy atom. The topological polar surface area (TPSA) is 34.1 Å². The van der Waals surface area contributed by atoms with Gasteiger partial charge in [-0.2, -0.15) is 0 Å². The number of rotatable bonds is 3. The lowest BCUT2D eigenvalue weighted by atomic mass is 9.71. The number of hydrogen-bond acceptors (Lipinski definition) is 2. The largest absolute Gasteiger partial charge is 0.299 e. The van der Waals surface area contributed by atoms with Crippen molar-refractivity contribution in [1.82, 2.24) is 0 Å². The molecule has 2 aliphatic carbocycles. The third-order valence-corrected chi connectivity index (χ3v) is 4.03. The van der Waals surface area contributed by atoms with Gasteiger partial charge in [0.15, 0.2) is 5.78 Å². The smallest absolute Gasteiger partial charge is 0.158 e. The lowest BCUT2D eigenvalue weighted by Gasteiger charge is -2.31. The van der Waals surface area contributed by atoms with Crippen molar-refractivity contribution >= 4 is 11.6 Å². The lowest BCUT2D eigenvalue weighted by molar-refractivity contribution is -0.125. The Balaban J connectivity index is 2.39. The zero-order valence-electron chi connectivity index (χ0n) is 9.84. The van der Waals surface area contributed by atoms with Crippen molar-refractivity contribution in [1.29, 1.82) is 0 Å². The Hall–Kier alpha value is -1.18. The third kappa shape index (κ3) is 1.57. The molecule has 0 aromatic heterocycles. The van der Waals surface area contributed by atoms with E-state index < -0.39 is 0 Å². The average Bonchev–Trinajstić information content (AvgIpc) is 2.56. The average molecular weight is 218 g/mol. The summed E-state index contributed by atoms with van der Waals surface area (Å²) in [7, 11) is 0. The van der Waals surface area contributed by atoms with Gasteiger partial charge in [0.2, 0.25) is 0 Å². The molecule has 0 saturated heterocycles. The summed E-state index contributed by atoms with van der Waals surface area (Å²) >= 11 is 0. The molecule has 0 radical (unpaired) electrons. The first-order chi connectivity index (χ1) is 7.59. The normalized spacial score (nSPS) is 29.6. The minimum atomic E-state index is -0.315.